The first-order valence-corrected chi connectivity index (χ1v) is 20.6. The molecule has 0 spiro atoms. The van der Waals surface area contributed by atoms with Gasteiger partial charge in [-0.1, -0.05) is 188 Å². The van der Waals surface area contributed by atoms with Crippen LogP contribution in [0.2, 0.25) is 0 Å². The molecule has 12 rings (SSSR count). The molecule has 0 aliphatic rings. The predicted molar refractivity (Wildman–Crippen MR) is 252 cm³/mol. The van der Waals surface area contributed by atoms with Gasteiger partial charge in [0.2, 0.25) is 0 Å². The first-order valence-electron chi connectivity index (χ1n) is 20.6. The molecule has 0 fully saturated rings. The molecule has 0 radical (unpaired) electrons. The van der Waals surface area contributed by atoms with Gasteiger partial charge in [0.15, 0.2) is 5.82 Å². The average Bonchev–Trinajstić information content (AvgIpc) is 3.72. The highest BCUT2D eigenvalue weighted by Crippen LogP contribution is 2.46. The summed E-state index contributed by atoms with van der Waals surface area (Å²) in [4.78, 5) is 15.4. The van der Waals surface area contributed by atoms with Gasteiger partial charge in [-0.2, -0.15) is 0 Å². The number of nitrogens with zero attached hydrogens (tertiary/aromatic N) is 3. The second kappa shape index (κ2) is 14.3. The van der Waals surface area contributed by atoms with Crippen molar-refractivity contribution in [2.24, 2.45) is 0 Å². The number of hydrogen-bond acceptors (Lipinski definition) is 4. The Morgan fingerprint density at radius 1 is 0.279 bits per heavy atom. The molecule has 0 bridgehead atoms. The summed E-state index contributed by atoms with van der Waals surface area (Å²) in [5.41, 5.74) is 15.4. The Balaban J connectivity index is 0.959. The largest absolute Gasteiger partial charge is 0.456 e. The Morgan fingerprint density at radius 3 is 1.41 bits per heavy atom. The number of hydrogen-bond donors (Lipinski definition) is 0. The fourth-order valence-corrected chi connectivity index (χ4v) is 8.94. The molecule has 0 aliphatic heterocycles. The predicted octanol–water partition coefficient (Wildman–Crippen LogP) is 15.2. The van der Waals surface area contributed by atoms with Crippen molar-refractivity contribution in [3.8, 4) is 67.3 Å². The number of aromatic nitrogens is 3. The van der Waals surface area contributed by atoms with Crippen molar-refractivity contribution in [2.75, 3.05) is 0 Å². The summed E-state index contributed by atoms with van der Waals surface area (Å²) in [6, 6.07) is 74.4. The van der Waals surface area contributed by atoms with Gasteiger partial charge in [-0.3, -0.25) is 0 Å². The van der Waals surface area contributed by atoms with E-state index in [4.69, 9.17) is 19.4 Å². The molecule has 12 aromatic rings. The molecule has 0 unspecified atom stereocenters. The molecule has 61 heavy (non-hydrogen) atoms. The molecule has 4 nitrogen and oxygen atoms in total. The van der Waals surface area contributed by atoms with Crippen LogP contribution >= 0.6 is 0 Å². The summed E-state index contributed by atoms with van der Waals surface area (Å²) >= 11 is 0. The maximum absolute atomic E-state index is 6.61. The third-order valence-electron chi connectivity index (χ3n) is 11.9. The van der Waals surface area contributed by atoms with E-state index < -0.39 is 0 Å². The van der Waals surface area contributed by atoms with Crippen LogP contribution in [0.5, 0.6) is 0 Å². The van der Waals surface area contributed by atoms with Crippen molar-refractivity contribution in [3.63, 3.8) is 0 Å². The second-order valence-corrected chi connectivity index (χ2v) is 15.5. The number of furan rings is 1. The third-order valence-corrected chi connectivity index (χ3v) is 11.9. The SMILES string of the molecule is c1ccc(-c2ccc(-c3nc(-c4ccc(-c5ccc(-c6c7c(cc8c(-c9ccccc9)nc9ccccc9c68)oc6ccccc67)cc5)cc4)c4ccccc4n3)cc2)cc1. The molecule has 4 heteroatoms. The molecular weight excluding hydrogens is 743 g/mol. The Bertz CT molecular complexity index is 3600. The highest BCUT2D eigenvalue weighted by atomic mass is 16.3. The summed E-state index contributed by atoms with van der Waals surface area (Å²) in [5, 5.41) is 6.58. The van der Waals surface area contributed by atoms with Gasteiger partial charge in [0.1, 0.15) is 11.2 Å². The Morgan fingerprint density at radius 2 is 0.738 bits per heavy atom. The first kappa shape index (κ1) is 34.8. The van der Waals surface area contributed by atoms with Gasteiger partial charge < -0.3 is 4.42 Å². The fraction of sp³-hybridized carbons (Fsp3) is 0. The Kier molecular flexibility index (Phi) is 8.13. The van der Waals surface area contributed by atoms with Crippen molar-refractivity contribution in [1.29, 1.82) is 0 Å². The van der Waals surface area contributed by atoms with Gasteiger partial charge in [0, 0.05) is 54.6 Å². The maximum Gasteiger partial charge on any atom is 0.160 e. The van der Waals surface area contributed by atoms with Gasteiger partial charge in [-0.15, -0.1) is 0 Å². The summed E-state index contributed by atoms with van der Waals surface area (Å²) in [6.07, 6.45) is 0. The lowest BCUT2D eigenvalue weighted by Crippen LogP contribution is -1.95. The van der Waals surface area contributed by atoms with Crippen LogP contribution in [-0.2, 0) is 0 Å². The minimum absolute atomic E-state index is 0.709. The molecule has 284 valence electrons. The van der Waals surface area contributed by atoms with E-state index in [0.29, 0.717) is 5.82 Å². The van der Waals surface area contributed by atoms with E-state index in [1.165, 1.54) is 10.9 Å². The van der Waals surface area contributed by atoms with E-state index in [-0.39, 0.29) is 0 Å². The topological polar surface area (TPSA) is 51.8 Å². The number of para-hydroxylation sites is 3. The highest BCUT2D eigenvalue weighted by Gasteiger charge is 2.22. The van der Waals surface area contributed by atoms with Crippen molar-refractivity contribution >= 4 is 54.5 Å². The zero-order valence-corrected chi connectivity index (χ0v) is 33.0. The van der Waals surface area contributed by atoms with E-state index >= 15 is 0 Å². The number of fused-ring (bicyclic) bond motifs is 7. The average molecular weight is 778 g/mol. The van der Waals surface area contributed by atoms with Crippen LogP contribution in [0.4, 0.5) is 0 Å². The summed E-state index contributed by atoms with van der Waals surface area (Å²) < 4.78 is 6.61. The normalized spacial score (nSPS) is 11.6. The van der Waals surface area contributed by atoms with Crippen LogP contribution < -0.4 is 0 Å². The molecule has 0 saturated heterocycles. The van der Waals surface area contributed by atoms with E-state index in [0.717, 1.165) is 105 Å². The van der Waals surface area contributed by atoms with Crippen LogP contribution in [0.3, 0.4) is 0 Å². The second-order valence-electron chi connectivity index (χ2n) is 15.5. The lowest BCUT2D eigenvalue weighted by molar-refractivity contribution is 0.669. The molecule has 3 aromatic heterocycles. The van der Waals surface area contributed by atoms with E-state index in [1.807, 2.05) is 24.3 Å². The van der Waals surface area contributed by atoms with Crippen LogP contribution in [0.25, 0.3) is 122 Å². The fourth-order valence-electron chi connectivity index (χ4n) is 8.94. The standard InChI is InChI=1S/C57H35N3O/c1-3-13-36(14-4-1)37-27-33-43(34-28-37)57-59-49-21-11-8-18-45(49)55(60-57)42-31-25-39(26-32-42)38-23-29-40(30-24-38)52-53-44-17-7-10-20-48(44)58-56(41-15-5-2-6-16-41)47(53)35-51-54(52)46-19-9-12-22-50(46)61-51/h1-35H. The molecule has 9 aromatic carbocycles. The van der Waals surface area contributed by atoms with Gasteiger partial charge in [-0.25, -0.2) is 15.0 Å². The van der Waals surface area contributed by atoms with Gasteiger partial charge in [-0.05, 0) is 52.1 Å². The first-order chi connectivity index (χ1) is 30.2. The quantitative estimate of drug-likeness (QED) is 0.158. The zero-order chi connectivity index (χ0) is 40.3. The van der Waals surface area contributed by atoms with Crippen LogP contribution in [0.15, 0.2) is 217 Å². The molecule has 3 heterocycles. The summed E-state index contributed by atoms with van der Waals surface area (Å²) in [5.74, 6) is 0.709. The molecule has 0 aliphatic carbocycles. The zero-order valence-electron chi connectivity index (χ0n) is 33.0. The lowest BCUT2D eigenvalue weighted by atomic mass is 9.89. The molecule has 0 atom stereocenters. The van der Waals surface area contributed by atoms with E-state index in [9.17, 15) is 0 Å². The van der Waals surface area contributed by atoms with Crippen molar-refractivity contribution in [1.82, 2.24) is 15.0 Å². The van der Waals surface area contributed by atoms with Crippen LogP contribution in [0.1, 0.15) is 0 Å². The van der Waals surface area contributed by atoms with E-state index in [1.54, 1.807) is 0 Å². The molecular formula is C57H35N3O. The maximum atomic E-state index is 6.61. The van der Waals surface area contributed by atoms with E-state index in [2.05, 4.69) is 188 Å². The minimum Gasteiger partial charge on any atom is -0.456 e. The number of benzene rings is 9. The number of rotatable bonds is 6. The number of pyridine rings is 1. The van der Waals surface area contributed by atoms with Gasteiger partial charge >= 0.3 is 0 Å². The van der Waals surface area contributed by atoms with Crippen LogP contribution in [-0.4, -0.2) is 15.0 Å². The van der Waals surface area contributed by atoms with Crippen molar-refractivity contribution < 1.29 is 4.42 Å². The van der Waals surface area contributed by atoms with Crippen molar-refractivity contribution in [2.45, 2.75) is 0 Å². The monoisotopic (exact) mass is 777 g/mol. The summed E-state index contributed by atoms with van der Waals surface area (Å²) in [6.45, 7) is 0. The van der Waals surface area contributed by atoms with Gasteiger partial charge in [0.05, 0.1) is 22.4 Å². The minimum atomic E-state index is 0.709. The van der Waals surface area contributed by atoms with Crippen LogP contribution in [0, 0.1) is 0 Å². The van der Waals surface area contributed by atoms with Crippen molar-refractivity contribution in [3.05, 3.63) is 212 Å². The summed E-state index contributed by atoms with van der Waals surface area (Å²) in [7, 11) is 0. The molecule has 0 amide bonds. The van der Waals surface area contributed by atoms with Gasteiger partial charge in [0.25, 0.3) is 0 Å². The highest BCUT2D eigenvalue weighted by molar-refractivity contribution is 6.27. The Hall–Kier alpha value is -8.21. The smallest absolute Gasteiger partial charge is 0.160 e. The molecule has 0 saturated carbocycles. The molecule has 0 N–H and O–H groups in total. The third kappa shape index (κ3) is 5.96. The Labute approximate surface area is 352 Å². The lowest BCUT2D eigenvalue weighted by Gasteiger charge is -2.16.